The number of nitrogens with zero attached hydrogens (tertiary/aromatic N) is 2. The number of carbonyl (C=O) groups excluding carboxylic acids is 1. The molecule has 5 rings (SSSR count). The van der Waals surface area contributed by atoms with E-state index >= 15 is 0 Å². The summed E-state index contributed by atoms with van der Waals surface area (Å²) in [5.41, 5.74) is 2.65. The average Bonchev–Trinajstić information content (AvgIpc) is 3.43. The zero-order valence-corrected chi connectivity index (χ0v) is 23.3. The number of amides is 1. The normalized spacial score (nSPS) is 15.2. The van der Waals surface area contributed by atoms with Crippen molar-refractivity contribution in [1.29, 1.82) is 0 Å². The van der Waals surface area contributed by atoms with Gasteiger partial charge in [0.1, 0.15) is 5.75 Å². The topological polar surface area (TPSA) is 66.9 Å². The highest BCUT2D eigenvalue weighted by molar-refractivity contribution is 9.10. The summed E-state index contributed by atoms with van der Waals surface area (Å²) < 4.78 is 35.2. The molecule has 0 spiro atoms. The van der Waals surface area contributed by atoms with Crippen LogP contribution in [0.4, 0.5) is 11.4 Å². The molecule has 0 saturated carbocycles. The lowest BCUT2D eigenvalue weighted by atomic mass is 10.1. The zero-order chi connectivity index (χ0) is 25.6. The highest BCUT2D eigenvalue weighted by atomic mass is 79.9. The maximum Gasteiger partial charge on any atom is 0.268 e. The summed E-state index contributed by atoms with van der Waals surface area (Å²) in [5, 5.41) is 0.840. The molecule has 1 aliphatic rings. The van der Waals surface area contributed by atoms with E-state index in [0.717, 1.165) is 32.2 Å². The van der Waals surface area contributed by atoms with Crippen LogP contribution >= 0.6 is 27.3 Å². The Hall–Kier alpha value is -2.88. The minimum Gasteiger partial charge on any atom is -0.497 e. The molecule has 36 heavy (non-hydrogen) atoms. The van der Waals surface area contributed by atoms with Crippen molar-refractivity contribution >= 4 is 64.7 Å². The number of carbonyl (C=O) groups is 1. The minimum absolute atomic E-state index is 0.0375. The lowest BCUT2D eigenvalue weighted by Gasteiger charge is -2.23. The van der Waals surface area contributed by atoms with E-state index in [1.165, 1.54) is 15.6 Å². The number of ether oxygens (including phenoxy) is 1. The fourth-order valence-corrected chi connectivity index (χ4v) is 7.54. The first-order chi connectivity index (χ1) is 17.2. The van der Waals surface area contributed by atoms with Crippen molar-refractivity contribution in [2.75, 3.05) is 22.9 Å². The Morgan fingerprint density at radius 1 is 1.11 bits per heavy atom. The third-order valence-corrected chi connectivity index (χ3v) is 9.92. The van der Waals surface area contributed by atoms with Crippen molar-refractivity contribution < 1.29 is 17.9 Å². The van der Waals surface area contributed by atoms with E-state index in [1.54, 1.807) is 44.4 Å². The molecule has 0 radical (unpaired) electrons. The van der Waals surface area contributed by atoms with E-state index in [4.69, 9.17) is 4.74 Å². The smallest absolute Gasteiger partial charge is 0.268 e. The second-order valence-corrected chi connectivity index (χ2v) is 12.5. The summed E-state index contributed by atoms with van der Waals surface area (Å²) in [6.45, 7) is 4.13. The molecule has 1 aliphatic heterocycles. The Bertz CT molecular complexity index is 1560. The van der Waals surface area contributed by atoms with Gasteiger partial charge in [0.2, 0.25) is 0 Å². The average molecular weight is 586 g/mol. The van der Waals surface area contributed by atoms with Crippen LogP contribution in [0.25, 0.3) is 10.1 Å². The number of methoxy groups -OCH3 is 1. The van der Waals surface area contributed by atoms with Gasteiger partial charge in [0, 0.05) is 27.4 Å². The standard InChI is InChI=1S/C27H25BrN2O4S2/c1-4-29(36(32,33)23-9-7-22(34-3)8-10-23)21-6-12-25-19(15-21)16-26(35-25)27(31)30-17(2)13-18-14-20(28)5-11-24(18)30/h5-12,14-17H,4,13H2,1-3H3/t17-/m1/s1. The van der Waals surface area contributed by atoms with Gasteiger partial charge < -0.3 is 9.64 Å². The van der Waals surface area contributed by atoms with Gasteiger partial charge in [-0.1, -0.05) is 15.9 Å². The van der Waals surface area contributed by atoms with E-state index < -0.39 is 10.0 Å². The van der Waals surface area contributed by atoms with E-state index in [0.29, 0.717) is 16.3 Å². The van der Waals surface area contributed by atoms with Gasteiger partial charge >= 0.3 is 0 Å². The van der Waals surface area contributed by atoms with Crippen molar-refractivity contribution in [3.8, 4) is 5.75 Å². The Morgan fingerprint density at radius 2 is 1.86 bits per heavy atom. The number of anilines is 2. The molecular formula is C27H25BrN2O4S2. The largest absolute Gasteiger partial charge is 0.497 e. The Morgan fingerprint density at radius 3 is 2.56 bits per heavy atom. The third kappa shape index (κ3) is 4.29. The molecule has 0 fully saturated rings. The number of fused-ring (bicyclic) bond motifs is 2. The monoisotopic (exact) mass is 584 g/mol. The molecule has 1 atom stereocenters. The molecule has 0 bridgehead atoms. The van der Waals surface area contributed by atoms with Gasteiger partial charge in [0.25, 0.3) is 15.9 Å². The number of hydrogen-bond donors (Lipinski definition) is 0. The van der Waals surface area contributed by atoms with Gasteiger partial charge in [0.15, 0.2) is 0 Å². The number of hydrogen-bond acceptors (Lipinski definition) is 5. The summed E-state index contributed by atoms with van der Waals surface area (Å²) in [6, 6.07) is 19.8. The third-order valence-electron chi connectivity index (χ3n) is 6.41. The molecule has 4 aromatic rings. The first-order valence-electron chi connectivity index (χ1n) is 11.6. The lowest BCUT2D eigenvalue weighted by molar-refractivity contribution is 0.0985. The van der Waals surface area contributed by atoms with Crippen molar-refractivity contribution in [2.24, 2.45) is 0 Å². The molecule has 1 amide bonds. The maximum atomic E-state index is 13.6. The predicted molar refractivity (Wildman–Crippen MR) is 149 cm³/mol. The first-order valence-corrected chi connectivity index (χ1v) is 14.6. The molecule has 9 heteroatoms. The maximum absolute atomic E-state index is 13.6. The van der Waals surface area contributed by atoms with Gasteiger partial charge in [-0.25, -0.2) is 8.42 Å². The Kier molecular flexibility index (Phi) is 6.57. The van der Waals surface area contributed by atoms with Crippen LogP contribution in [-0.2, 0) is 16.4 Å². The fraction of sp³-hybridized carbons (Fsp3) is 0.222. The van der Waals surface area contributed by atoms with E-state index in [2.05, 4.69) is 28.9 Å². The van der Waals surface area contributed by atoms with Crippen LogP contribution in [0, 0.1) is 0 Å². The summed E-state index contributed by atoms with van der Waals surface area (Å²) in [7, 11) is -2.22. The molecule has 0 N–H and O–H groups in total. The van der Waals surface area contributed by atoms with Crippen LogP contribution in [0.3, 0.4) is 0 Å². The second kappa shape index (κ2) is 9.53. The van der Waals surface area contributed by atoms with Gasteiger partial charge in [-0.15, -0.1) is 11.3 Å². The lowest BCUT2D eigenvalue weighted by Crippen LogP contribution is -2.35. The van der Waals surface area contributed by atoms with Gasteiger partial charge in [-0.3, -0.25) is 9.10 Å². The SMILES string of the molecule is CCN(c1ccc2sc(C(=O)N3c4ccc(Br)cc4C[C@H]3C)cc2c1)S(=O)(=O)c1ccc(OC)cc1. The van der Waals surface area contributed by atoms with Crippen LogP contribution < -0.4 is 13.9 Å². The van der Waals surface area contributed by atoms with E-state index in [-0.39, 0.29) is 23.4 Å². The molecule has 0 unspecified atom stereocenters. The molecule has 186 valence electrons. The summed E-state index contributed by atoms with van der Waals surface area (Å²) in [5.74, 6) is 0.556. The Labute approximate surface area is 223 Å². The number of thiophene rings is 1. The molecule has 6 nitrogen and oxygen atoms in total. The number of benzene rings is 3. The van der Waals surface area contributed by atoms with Crippen molar-refractivity contribution in [3.63, 3.8) is 0 Å². The minimum atomic E-state index is -3.76. The van der Waals surface area contributed by atoms with Crippen LogP contribution in [0.1, 0.15) is 29.1 Å². The van der Waals surface area contributed by atoms with Crippen molar-refractivity contribution in [2.45, 2.75) is 31.2 Å². The predicted octanol–water partition coefficient (Wildman–Crippen LogP) is 6.48. The van der Waals surface area contributed by atoms with Gasteiger partial charge in [-0.2, -0.15) is 0 Å². The fourth-order valence-electron chi connectivity index (χ4n) is 4.69. The Balaban J connectivity index is 1.47. The van der Waals surface area contributed by atoms with Crippen molar-refractivity contribution in [1.82, 2.24) is 0 Å². The van der Waals surface area contributed by atoms with Gasteiger partial charge in [-0.05, 0) is 97.9 Å². The van der Waals surface area contributed by atoms with Crippen molar-refractivity contribution in [3.05, 3.63) is 81.6 Å². The summed E-state index contributed by atoms with van der Waals surface area (Å²) in [4.78, 5) is 16.2. The highest BCUT2D eigenvalue weighted by Gasteiger charge is 2.32. The number of sulfonamides is 1. The zero-order valence-electron chi connectivity index (χ0n) is 20.1. The number of rotatable bonds is 6. The van der Waals surface area contributed by atoms with E-state index in [9.17, 15) is 13.2 Å². The van der Waals surface area contributed by atoms with Gasteiger partial charge in [0.05, 0.1) is 22.6 Å². The molecule has 0 saturated heterocycles. The van der Waals surface area contributed by atoms with Crippen LogP contribution in [0.15, 0.2) is 76.1 Å². The van der Waals surface area contributed by atoms with Crippen LogP contribution in [0.5, 0.6) is 5.75 Å². The molecule has 3 aromatic carbocycles. The molecule has 1 aromatic heterocycles. The summed E-state index contributed by atoms with van der Waals surface area (Å²) in [6.07, 6.45) is 0.810. The molecule has 2 heterocycles. The number of halogens is 1. The molecule has 0 aliphatic carbocycles. The quantitative estimate of drug-likeness (QED) is 0.260. The van der Waals surface area contributed by atoms with Crippen LogP contribution in [-0.4, -0.2) is 34.0 Å². The van der Waals surface area contributed by atoms with E-state index in [1.807, 2.05) is 35.2 Å². The summed E-state index contributed by atoms with van der Waals surface area (Å²) >= 11 is 4.94. The second-order valence-electron chi connectivity index (χ2n) is 8.68. The molecular weight excluding hydrogens is 560 g/mol. The first kappa shape index (κ1) is 24.8. The van der Waals surface area contributed by atoms with Crippen LogP contribution in [0.2, 0.25) is 0 Å². The highest BCUT2D eigenvalue weighted by Crippen LogP contribution is 2.38.